The summed E-state index contributed by atoms with van der Waals surface area (Å²) < 4.78 is 0. The van der Waals surface area contributed by atoms with Gasteiger partial charge in [-0.25, -0.2) is 4.98 Å². The van der Waals surface area contributed by atoms with Crippen molar-refractivity contribution in [1.29, 1.82) is 0 Å². The van der Waals surface area contributed by atoms with Gasteiger partial charge in [-0.05, 0) is 113 Å². The van der Waals surface area contributed by atoms with Crippen molar-refractivity contribution in [2.45, 2.75) is 132 Å². The van der Waals surface area contributed by atoms with Gasteiger partial charge in [0.15, 0.2) is 0 Å². The molecule has 0 aliphatic heterocycles. The molecule has 252 valence electrons. The summed E-state index contributed by atoms with van der Waals surface area (Å²) in [5, 5.41) is 0. The Kier molecular flexibility index (Phi) is 24.8. The minimum absolute atomic E-state index is 0. The zero-order valence-electron chi connectivity index (χ0n) is 29.4. The van der Waals surface area contributed by atoms with E-state index in [1.54, 1.807) is 0 Å². The first-order chi connectivity index (χ1) is 20.3. The first-order valence-electron chi connectivity index (χ1n) is 16.6. The van der Waals surface area contributed by atoms with Crippen molar-refractivity contribution in [3.05, 3.63) is 87.2 Å². The van der Waals surface area contributed by atoms with Crippen LogP contribution < -0.4 is 37.2 Å². The van der Waals surface area contributed by atoms with Crippen molar-refractivity contribution < 1.29 is 55.8 Å². The largest absolute Gasteiger partial charge is 3.00 e. The molecule has 3 aromatic rings. The second-order valence-corrected chi connectivity index (χ2v) is 12.1. The second kappa shape index (κ2) is 24.5. The molecular formula is C39H55Cl3N3V. The van der Waals surface area contributed by atoms with Crippen LogP contribution >= 0.6 is 0 Å². The second-order valence-electron chi connectivity index (χ2n) is 12.1. The maximum absolute atomic E-state index is 5.28. The summed E-state index contributed by atoms with van der Waals surface area (Å²) in [5.41, 5.74) is 14.3. The number of aromatic nitrogens is 1. The molecule has 46 heavy (non-hydrogen) atoms. The molecule has 3 nitrogen and oxygen atoms in total. The fraction of sp³-hybridized carbons (Fsp3) is 0.513. The minimum atomic E-state index is 0. The number of nitrogens with zero attached hydrogens (tertiary/aromatic N) is 3. The van der Waals surface area contributed by atoms with Crippen LogP contribution in [-0.2, 0) is 44.2 Å². The topological polar surface area (TPSA) is 37.6 Å². The maximum atomic E-state index is 5.28. The van der Waals surface area contributed by atoms with Crippen molar-refractivity contribution in [2.75, 3.05) is 0 Å². The third kappa shape index (κ3) is 13.9. The van der Waals surface area contributed by atoms with E-state index < -0.39 is 0 Å². The Balaban J connectivity index is 0. The predicted octanol–water partition coefficient (Wildman–Crippen LogP) is 2.36. The van der Waals surface area contributed by atoms with Crippen molar-refractivity contribution in [1.82, 2.24) is 4.98 Å². The zero-order valence-corrected chi connectivity index (χ0v) is 33.1. The Hall–Kier alpha value is -1.62. The molecule has 0 atom stereocenters. The third-order valence-electron chi connectivity index (χ3n) is 8.07. The van der Waals surface area contributed by atoms with Crippen LogP contribution in [0.15, 0.2) is 52.4 Å². The number of pyridine rings is 1. The fourth-order valence-corrected chi connectivity index (χ4v) is 5.67. The van der Waals surface area contributed by atoms with Crippen LogP contribution in [0.2, 0.25) is 0 Å². The normalized spacial score (nSPS) is 11.2. The van der Waals surface area contributed by atoms with Crippen LogP contribution in [0.5, 0.6) is 0 Å². The van der Waals surface area contributed by atoms with Gasteiger partial charge in [-0.1, -0.05) is 94.8 Å². The Morgan fingerprint density at radius 3 is 1.09 bits per heavy atom. The summed E-state index contributed by atoms with van der Waals surface area (Å²) in [5.74, 6) is 0. The molecule has 0 fully saturated rings. The molecule has 1 aromatic heterocycles. The summed E-state index contributed by atoms with van der Waals surface area (Å²) in [7, 11) is 0. The molecule has 3 rings (SSSR count). The van der Waals surface area contributed by atoms with Gasteiger partial charge in [0.05, 0.1) is 34.2 Å². The van der Waals surface area contributed by atoms with Crippen molar-refractivity contribution in [3.8, 4) is 0 Å². The first kappa shape index (κ1) is 46.5. The maximum Gasteiger partial charge on any atom is 3.00 e. The molecule has 0 saturated heterocycles. The number of halogens is 3. The first-order valence-corrected chi connectivity index (χ1v) is 16.6. The molecule has 1 heterocycles. The van der Waals surface area contributed by atoms with Crippen molar-refractivity contribution >= 4 is 22.8 Å². The number of hydrogen-bond donors (Lipinski definition) is 0. The van der Waals surface area contributed by atoms with E-state index in [-0.39, 0.29) is 55.8 Å². The molecule has 0 aliphatic rings. The molecule has 0 radical (unpaired) electrons. The number of aryl methyl sites for hydroxylation is 6. The Labute approximate surface area is 311 Å². The van der Waals surface area contributed by atoms with Gasteiger partial charge in [0.2, 0.25) is 0 Å². The molecule has 0 unspecified atom stereocenters. The monoisotopic (exact) mass is 721 g/mol. The van der Waals surface area contributed by atoms with Crippen molar-refractivity contribution in [2.24, 2.45) is 9.98 Å². The fourth-order valence-electron chi connectivity index (χ4n) is 5.67. The van der Waals surface area contributed by atoms with E-state index in [4.69, 9.17) is 15.0 Å². The molecule has 0 spiro atoms. The summed E-state index contributed by atoms with van der Waals surface area (Å²) in [6.07, 6.45) is 13.7. The van der Waals surface area contributed by atoms with Gasteiger partial charge in [-0.2, -0.15) is 0 Å². The van der Waals surface area contributed by atoms with Crippen molar-refractivity contribution in [3.63, 3.8) is 0 Å². The number of aliphatic imine (C=N–C) groups is 2. The average Bonchev–Trinajstić information content (AvgIpc) is 2.98. The van der Waals surface area contributed by atoms with E-state index >= 15 is 0 Å². The van der Waals surface area contributed by atoms with E-state index in [2.05, 4.69) is 97.9 Å². The van der Waals surface area contributed by atoms with Crippen LogP contribution in [0.3, 0.4) is 0 Å². The van der Waals surface area contributed by atoms with E-state index in [0.29, 0.717) is 0 Å². The molecule has 0 amide bonds. The number of rotatable bonds is 16. The standard InChI is InChI=1S/C39H55N3.3ClH.V/c1-9-13-18-32-24-28(5)25-33(19-14-10-2)38(32)40-30(7)36-22-17-23-37(42-36)31(8)41-39-34(20-15-11-3)26-29(6)27-35(39)21-16-12-4;;;;/h17,22-27H,9-16,18-21H2,1-8H3;3*1H;/q;;;;+3/p-3. The molecule has 0 N–H and O–H groups in total. The SMILES string of the molecule is CCCCc1cc(C)cc(CCCC)c1N=C(C)c1cccc(C(C)=Nc2c(CCCC)cc(C)cc2CCCC)n1.[Cl-].[Cl-].[Cl-].[V+3]. The zero-order chi connectivity index (χ0) is 30.5. The minimum Gasteiger partial charge on any atom is -1.00 e. The Morgan fingerprint density at radius 2 is 0.826 bits per heavy atom. The summed E-state index contributed by atoms with van der Waals surface area (Å²) in [6, 6.07) is 15.6. The van der Waals surface area contributed by atoms with Gasteiger partial charge < -0.3 is 37.2 Å². The van der Waals surface area contributed by atoms with E-state index in [1.165, 1.54) is 96.1 Å². The molecular weight excluding hydrogens is 668 g/mol. The van der Waals surface area contributed by atoms with Crippen LogP contribution in [0.4, 0.5) is 11.4 Å². The Bertz CT molecular complexity index is 1230. The van der Waals surface area contributed by atoms with E-state index in [0.717, 1.165) is 48.5 Å². The van der Waals surface area contributed by atoms with E-state index in [9.17, 15) is 0 Å². The smallest absolute Gasteiger partial charge is 1.00 e. The molecule has 0 bridgehead atoms. The van der Waals surface area contributed by atoms with E-state index in [1.807, 2.05) is 0 Å². The predicted molar refractivity (Wildman–Crippen MR) is 185 cm³/mol. The van der Waals surface area contributed by atoms with Gasteiger partial charge in [-0.3, -0.25) is 9.98 Å². The summed E-state index contributed by atoms with van der Waals surface area (Å²) in [4.78, 5) is 15.7. The van der Waals surface area contributed by atoms with Gasteiger partial charge in [0, 0.05) is 0 Å². The average molecular weight is 723 g/mol. The van der Waals surface area contributed by atoms with Crippen LogP contribution in [0, 0.1) is 13.8 Å². The summed E-state index contributed by atoms with van der Waals surface area (Å²) >= 11 is 0. The Morgan fingerprint density at radius 1 is 0.543 bits per heavy atom. The van der Waals surface area contributed by atoms with Gasteiger partial charge in [0.1, 0.15) is 0 Å². The number of hydrogen-bond acceptors (Lipinski definition) is 3. The number of benzene rings is 2. The molecule has 0 aliphatic carbocycles. The van der Waals surface area contributed by atoms with Crippen LogP contribution in [0.25, 0.3) is 0 Å². The number of unbranched alkanes of at least 4 members (excludes halogenated alkanes) is 4. The van der Waals surface area contributed by atoms with Crippen LogP contribution in [-0.4, -0.2) is 16.4 Å². The van der Waals surface area contributed by atoms with Crippen LogP contribution in [0.1, 0.15) is 138 Å². The van der Waals surface area contributed by atoms with Gasteiger partial charge in [-0.15, -0.1) is 0 Å². The van der Waals surface area contributed by atoms with Gasteiger partial charge in [0.25, 0.3) is 0 Å². The molecule has 7 heteroatoms. The summed E-state index contributed by atoms with van der Waals surface area (Å²) in [6.45, 7) is 17.7. The quantitative estimate of drug-likeness (QED) is 0.210. The third-order valence-corrected chi connectivity index (χ3v) is 8.07. The van der Waals surface area contributed by atoms with Gasteiger partial charge >= 0.3 is 18.6 Å². The molecule has 0 saturated carbocycles. The molecule has 2 aromatic carbocycles.